The quantitative estimate of drug-likeness (QED) is 0.740. The normalized spacial score (nSPS) is 12.7. The summed E-state index contributed by atoms with van der Waals surface area (Å²) in [4.78, 5) is 11.2. The Morgan fingerprint density at radius 3 is 2.80 bits per heavy atom. The molecule has 0 bridgehead atoms. The molecule has 0 fully saturated rings. The monoisotopic (exact) mass is 270 g/mol. The average Bonchev–Trinajstić information content (AvgIpc) is 2.96. The number of benzene rings is 1. The molecule has 0 spiro atoms. The standard InChI is InChI=1S/C16H14O4/c1-10(11-6-7-19-9-11)8-13-12-2-5-16(18)20-15(12)4-3-14(13)17/h2-7,9-10,17H,8H2,1H3. The molecule has 0 aliphatic rings. The fraction of sp³-hybridized carbons (Fsp3) is 0.188. The molecule has 1 unspecified atom stereocenters. The lowest BCUT2D eigenvalue weighted by molar-refractivity contribution is 0.465. The van der Waals surface area contributed by atoms with Crippen LogP contribution in [0.3, 0.4) is 0 Å². The Morgan fingerprint density at radius 2 is 2.05 bits per heavy atom. The van der Waals surface area contributed by atoms with Crippen molar-refractivity contribution in [2.24, 2.45) is 0 Å². The van der Waals surface area contributed by atoms with Crippen molar-refractivity contribution in [3.63, 3.8) is 0 Å². The van der Waals surface area contributed by atoms with Gasteiger partial charge in [-0.15, -0.1) is 0 Å². The summed E-state index contributed by atoms with van der Waals surface area (Å²) < 4.78 is 10.2. The van der Waals surface area contributed by atoms with Crippen molar-refractivity contribution in [1.82, 2.24) is 0 Å². The minimum absolute atomic E-state index is 0.192. The number of fused-ring (bicyclic) bond motifs is 1. The molecule has 4 nitrogen and oxygen atoms in total. The van der Waals surface area contributed by atoms with Crippen molar-refractivity contribution in [1.29, 1.82) is 0 Å². The number of hydrogen-bond acceptors (Lipinski definition) is 4. The van der Waals surface area contributed by atoms with Gasteiger partial charge in [-0.2, -0.15) is 0 Å². The van der Waals surface area contributed by atoms with Gasteiger partial charge in [0.1, 0.15) is 11.3 Å². The maximum atomic E-state index is 11.2. The van der Waals surface area contributed by atoms with Crippen molar-refractivity contribution < 1.29 is 13.9 Å². The molecule has 102 valence electrons. The Morgan fingerprint density at radius 1 is 1.20 bits per heavy atom. The number of phenols is 1. The number of aromatic hydroxyl groups is 1. The summed E-state index contributed by atoms with van der Waals surface area (Å²) in [5.74, 6) is 0.402. The van der Waals surface area contributed by atoms with E-state index in [9.17, 15) is 9.90 Å². The van der Waals surface area contributed by atoms with Gasteiger partial charge in [0.25, 0.3) is 0 Å². The van der Waals surface area contributed by atoms with Crippen LogP contribution in [0.1, 0.15) is 24.0 Å². The van der Waals surface area contributed by atoms with Crippen LogP contribution >= 0.6 is 0 Å². The summed E-state index contributed by atoms with van der Waals surface area (Å²) in [5.41, 5.74) is 1.94. The van der Waals surface area contributed by atoms with Crippen LogP contribution in [0.2, 0.25) is 0 Å². The van der Waals surface area contributed by atoms with Gasteiger partial charge in [-0.3, -0.25) is 0 Å². The van der Waals surface area contributed by atoms with Crippen molar-refractivity contribution in [2.75, 3.05) is 0 Å². The SMILES string of the molecule is CC(Cc1c(O)ccc2oc(=O)ccc12)c1ccoc1. The second-order valence-electron chi connectivity index (χ2n) is 4.89. The van der Waals surface area contributed by atoms with E-state index in [0.717, 1.165) is 16.5 Å². The zero-order valence-corrected chi connectivity index (χ0v) is 11.0. The van der Waals surface area contributed by atoms with E-state index in [0.29, 0.717) is 12.0 Å². The molecule has 0 saturated heterocycles. The average molecular weight is 270 g/mol. The molecule has 0 radical (unpaired) electrons. The largest absolute Gasteiger partial charge is 0.508 e. The van der Waals surface area contributed by atoms with Crippen LogP contribution in [-0.4, -0.2) is 5.11 Å². The van der Waals surface area contributed by atoms with E-state index in [1.165, 1.54) is 6.07 Å². The van der Waals surface area contributed by atoms with E-state index >= 15 is 0 Å². The molecule has 1 aromatic carbocycles. The first-order valence-corrected chi connectivity index (χ1v) is 6.42. The fourth-order valence-electron chi connectivity index (χ4n) is 2.39. The topological polar surface area (TPSA) is 63.6 Å². The van der Waals surface area contributed by atoms with Crippen LogP contribution in [0, 0.1) is 0 Å². The lowest BCUT2D eigenvalue weighted by Gasteiger charge is -2.12. The number of furan rings is 1. The summed E-state index contributed by atoms with van der Waals surface area (Å²) >= 11 is 0. The molecule has 0 aliphatic heterocycles. The minimum Gasteiger partial charge on any atom is -0.508 e. The Balaban J connectivity index is 2.06. The summed E-state index contributed by atoms with van der Waals surface area (Å²) in [7, 11) is 0. The number of rotatable bonds is 3. The van der Waals surface area contributed by atoms with Crippen LogP contribution < -0.4 is 5.63 Å². The molecule has 3 rings (SSSR count). The Kier molecular flexibility index (Phi) is 3.06. The van der Waals surface area contributed by atoms with Crippen molar-refractivity contribution in [2.45, 2.75) is 19.3 Å². The van der Waals surface area contributed by atoms with E-state index in [-0.39, 0.29) is 11.7 Å². The van der Waals surface area contributed by atoms with Crippen LogP contribution in [0.25, 0.3) is 11.0 Å². The molecular weight excluding hydrogens is 256 g/mol. The molecule has 2 aromatic heterocycles. The van der Waals surface area contributed by atoms with Gasteiger partial charge in [-0.1, -0.05) is 6.92 Å². The highest BCUT2D eigenvalue weighted by atomic mass is 16.4. The van der Waals surface area contributed by atoms with Gasteiger partial charge in [0.2, 0.25) is 0 Å². The van der Waals surface area contributed by atoms with Gasteiger partial charge in [0, 0.05) is 17.0 Å². The lowest BCUT2D eigenvalue weighted by Crippen LogP contribution is -2.00. The molecule has 0 aliphatic carbocycles. The van der Waals surface area contributed by atoms with Crippen molar-refractivity contribution >= 4 is 11.0 Å². The summed E-state index contributed by atoms with van der Waals surface area (Å²) in [6.07, 6.45) is 3.97. The van der Waals surface area contributed by atoms with E-state index in [1.807, 2.05) is 6.07 Å². The van der Waals surface area contributed by atoms with Crippen molar-refractivity contribution in [3.8, 4) is 5.75 Å². The van der Waals surface area contributed by atoms with Crippen LogP contribution in [-0.2, 0) is 6.42 Å². The van der Waals surface area contributed by atoms with E-state index in [1.54, 1.807) is 30.7 Å². The first-order chi connectivity index (χ1) is 9.65. The summed E-state index contributed by atoms with van der Waals surface area (Å²) in [6, 6.07) is 8.14. The molecule has 20 heavy (non-hydrogen) atoms. The third-order valence-corrected chi connectivity index (χ3v) is 3.51. The smallest absolute Gasteiger partial charge is 0.336 e. The number of phenolic OH excluding ortho intramolecular Hbond substituents is 1. The van der Waals surface area contributed by atoms with Crippen LogP contribution in [0.15, 0.2) is 56.5 Å². The first kappa shape index (κ1) is 12.5. The minimum atomic E-state index is -0.392. The van der Waals surface area contributed by atoms with Gasteiger partial charge in [-0.25, -0.2) is 4.79 Å². The molecule has 4 heteroatoms. The Bertz CT molecular complexity index is 784. The highest BCUT2D eigenvalue weighted by Gasteiger charge is 2.14. The second kappa shape index (κ2) is 4.89. The fourth-order valence-corrected chi connectivity index (χ4v) is 2.39. The Labute approximate surface area is 115 Å². The van der Waals surface area contributed by atoms with E-state index in [2.05, 4.69) is 6.92 Å². The van der Waals surface area contributed by atoms with Gasteiger partial charge < -0.3 is 13.9 Å². The van der Waals surface area contributed by atoms with E-state index < -0.39 is 5.63 Å². The maximum Gasteiger partial charge on any atom is 0.336 e. The van der Waals surface area contributed by atoms with Gasteiger partial charge in [0.15, 0.2) is 0 Å². The number of hydrogen-bond donors (Lipinski definition) is 1. The van der Waals surface area contributed by atoms with E-state index in [4.69, 9.17) is 8.83 Å². The summed E-state index contributed by atoms with van der Waals surface area (Å²) in [6.45, 7) is 2.06. The molecule has 0 saturated carbocycles. The van der Waals surface area contributed by atoms with Gasteiger partial charge in [-0.05, 0) is 42.2 Å². The predicted molar refractivity (Wildman–Crippen MR) is 75.0 cm³/mol. The second-order valence-corrected chi connectivity index (χ2v) is 4.89. The first-order valence-electron chi connectivity index (χ1n) is 6.42. The maximum absolute atomic E-state index is 11.2. The summed E-state index contributed by atoms with van der Waals surface area (Å²) in [5, 5.41) is 10.8. The Hall–Kier alpha value is -2.49. The molecular formula is C16H14O4. The zero-order chi connectivity index (χ0) is 14.1. The van der Waals surface area contributed by atoms with Crippen molar-refractivity contribution in [3.05, 3.63) is 64.4 Å². The van der Waals surface area contributed by atoms with Crippen LogP contribution in [0.5, 0.6) is 5.75 Å². The predicted octanol–water partition coefficient (Wildman–Crippen LogP) is 3.44. The zero-order valence-electron chi connectivity index (χ0n) is 11.0. The highest BCUT2D eigenvalue weighted by Crippen LogP contribution is 2.31. The van der Waals surface area contributed by atoms with Crippen LogP contribution in [0.4, 0.5) is 0 Å². The molecule has 0 amide bonds. The molecule has 2 heterocycles. The third-order valence-electron chi connectivity index (χ3n) is 3.51. The third kappa shape index (κ3) is 2.20. The van der Waals surface area contributed by atoms with Gasteiger partial charge in [0.05, 0.1) is 12.5 Å². The molecule has 1 atom stereocenters. The highest BCUT2D eigenvalue weighted by molar-refractivity contribution is 5.82. The lowest BCUT2D eigenvalue weighted by atomic mass is 9.93. The van der Waals surface area contributed by atoms with Gasteiger partial charge >= 0.3 is 5.63 Å². The molecule has 1 N–H and O–H groups in total. The molecule has 3 aromatic rings.